The van der Waals surface area contributed by atoms with Crippen molar-refractivity contribution in [1.82, 2.24) is 0 Å². The average Bonchev–Trinajstić information content (AvgIpc) is 2.38. The first-order chi connectivity index (χ1) is 6.54. The van der Waals surface area contributed by atoms with E-state index in [1.165, 1.54) is 0 Å². The maximum atomic E-state index is 13.5. The molecule has 0 bridgehead atoms. The lowest BCUT2D eigenvalue weighted by atomic mass is 9.96. The first-order valence-electron chi connectivity index (χ1n) is 4.66. The Labute approximate surface area is 86.9 Å². The minimum absolute atomic E-state index is 0.0109. The second kappa shape index (κ2) is 3.20. The number of hydrogen-bond donors (Lipinski definition) is 0. The Morgan fingerprint density at radius 2 is 1.86 bits per heavy atom. The van der Waals surface area contributed by atoms with Gasteiger partial charge >= 0.3 is 0 Å². The van der Waals surface area contributed by atoms with Crippen LogP contribution in [0.5, 0.6) is 0 Å². The molecule has 0 aromatic heterocycles. The summed E-state index contributed by atoms with van der Waals surface area (Å²) >= 11 is 6.12. The van der Waals surface area contributed by atoms with Crippen molar-refractivity contribution in [3.8, 4) is 0 Å². The van der Waals surface area contributed by atoms with Gasteiger partial charge in [-0.1, -0.05) is 19.9 Å². The number of alkyl halides is 1. The van der Waals surface area contributed by atoms with Gasteiger partial charge in [0, 0.05) is 0 Å². The van der Waals surface area contributed by atoms with Gasteiger partial charge in [0.2, 0.25) is 0 Å². The molecule has 1 aliphatic rings. The van der Waals surface area contributed by atoms with E-state index in [9.17, 15) is 8.78 Å². The van der Waals surface area contributed by atoms with E-state index < -0.39 is 11.6 Å². The van der Waals surface area contributed by atoms with Crippen molar-refractivity contribution < 1.29 is 8.78 Å². The number of rotatable bonds is 0. The highest BCUT2D eigenvalue weighted by molar-refractivity contribution is 6.21. The Bertz CT molecular complexity index is 376. The van der Waals surface area contributed by atoms with Crippen LogP contribution in [0.4, 0.5) is 8.78 Å². The molecule has 0 saturated heterocycles. The Hall–Kier alpha value is -0.630. The van der Waals surface area contributed by atoms with Crippen molar-refractivity contribution in [2.24, 2.45) is 5.92 Å². The Kier molecular flexibility index (Phi) is 2.26. The number of halogens is 3. The van der Waals surface area contributed by atoms with Crippen LogP contribution in [0.1, 0.15) is 36.3 Å². The van der Waals surface area contributed by atoms with Crippen LogP contribution in [0.15, 0.2) is 12.1 Å². The summed E-state index contributed by atoms with van der Waals surface area (Å²) in [5.74, 6) is -1.37. The molecule has 1 aromatic carbocycles. The maximum Gasteiger partial charge on any atom is 0.162 e. The highest BCUT2D eigenvalue weighted by Gasteiger charge is 2.36. The second-order valence-corrected chi connectivity index (χ2v) is 4.38. The molecular weight excluding hydrogens is 206 g/mol. The van der Waals surface area contributed by atoms with Crippen molar-refractivity contribution in [2.45, 2.75) is 25.1 Å². The summed E-state index contributed by atoms with van der Waals surface area (Å²) in [5.41, 5.74) is 1.20. The molecule has 0 aliphatic heterocycles. The van der Waals surface area contributed by atoms with E-state index in [4.69, 9.17) is 11.6 Å². The van der Waals surface area contributed by atoms with Gasteiger partial charge < -0.3 is 0 Å². The van der Waals surface area contributed by atoms with Crippen molar-refractivity contribution >= 4 is 11.6 Å². The largest absolute Gasteiger partial charge is 0.204 e. The molecule has 76 valence electrons. The average molecular weight is 217 g/mol. The molecule has 0 nitrogen and oxygen atoms in total. The quantitative estimate of drug-likeness (QED) is 0.575. The lowest BCUT2D eigenvalue weighted by Crippen LogP contribution is -2.01. The molecule has 0 N–H and O–H groups in total. The van der Waals surface area contributed by atoms with Crippen LogP contribution in [-0.2, 0) is 0 Å². The van der Waals surface area contributed by atoms with E-state index in [2.05, 4.69) is 0 Å². The fourth-order valence-electron chi connectivity index (χ4n) is 2.08. The molecule has 3 unspecified atom stereocenters. The molecule has 0 radical (unpaired) electrons. The smallest absolute Gasteiger partial charge is 0.162 e. The van der Waals surface area contributed by atoms with Gasteiger partial charge in [-0.15, -0.1) is 11.6 Å². The lowest BCUT2D eigenvalue weighted by molar-refractivity contribution is 0.472. The Morgan fingerprint density at radius 1 is 1.21 bits per heavy atom. The van der Waals surface area contributed by atoms with Gasteiger partial charge in [-0.25, -0.2) is 8.78 Å². The summed E-state index contributed by atoms with van der Waals surface area (Å²) in [5, 5.41) is -0.199. The zero-order chi connectivity index (χ0) is 10.5. The van der Waals surface area contributed by atoms with Crippen molar-refractivity contribution in [3.05, 3.63) is 34.9 Å². The van der Waals surface area contributed by atoms with Crippen LogP contribution in [0.3, 0.4) is 0 Å². The van der Waals surface area contributed by atoms with Crippen LogP contribution in [0.2, 0.25) is 0 Å². The van der Waals surface area contributed by atoms with Gasteiger partial charge in [-0.2, -0.15) is 0 Å². The predicted octanol–water partition coefficient (Wildman–Crippen LogP) is 4.00. The molecule has 14 heavy (non-hydrogen) atoms. The predicted molar refractivity (Wildman–Crippen MR) is 52.5 cm³/mol. The molecule has 1 aliphatic carbocycles. The molecule has 2 rings (SSSR count). The lowest BCUT2D eigenvalue weighted by Gasteiger charge is -2.11. The van der Waals surface area contributed by atoms with Gasteiger partial charge in [0.1, 0.15) is 0 Å². The van der Waals surface area contributed by atoms with E-state index in [0.717, 1.165) is 11.6 Å². The molecule has 0 saturated carbocycles. The van der Waals surface area contributed by atoms with Crippen LogP contribution in [-0.4, -0.2) is 0 Å². The van der Waals surface area contributed by atoms with E-state index >= 15 is 0 Å². The fraction of sp³-hybridized carbons (Fsp3) is 0.455. The maximum absolute atomic E-state index is 13.5. The van der Waals surface area contributed by atoms with Gasteiger partial charge in [0.15, 0.2) is 11.6 Å². The summed E-state index contributed by atoms with van der Waals surface area (Å²) in [6, 6.07) is 2.74. The normalized spacial score (nSPS) is 30.5. The first kappa shape index (κ1) is 9.91. The molecule has 3 heteroatoms. The third kappa shape index (κ3) is 1.17. The van der Waals surface area contributed by atoms with E-state index in [0.29, 0.717) is 5.56 Å². The van der Waals surface area contributed by atoms with Crippen molar-refractivity contribution in [1.29, 1.82) is 0 Å². The van der Waals surface area contributed by atoms with E-state index in [1.807, 2.05) is 13.8 Å². The Balaban J connectivity index is 2.64. The van der Waals surface area contributed by atoms with Crippen LogP contribution >= 0.6 is 11.6 Å². The van der Waals surface area contributed by atoms with Crippen LogP contribution in [0, 0.1) is 17.6 Å². The molecule has 3 atom stereocenters. The fourth-order valence-corrected chi connectivity index (χ4v) is 2.49. The molecule has 0 spiro atoms. The number of benzene rings is 1. The molecule has 0 amide bonds. The van der Waals surface area contributed by atoms with E-state index in [1.54, 1.807) is 6.07 Å². The first-order valence-corrected chi connectivity index (χ1v) is 5.09. The van der Waals surface area contributed by atoms with E-state index in [-0.39, 0.29) is 17.2 Å². The summed E-state index contributed by atoms with van der Waals surface area (Å²) in [7, 11) is 0. The van der Waals surface area contributed by atoms with Gasteiger partial charge in [-0.05, 0) is 29.0 Å². The van der Waals surface area contributed by atoms with Crippen LogP contribution < -0.4 is 0 Å². The summed E-state index contributed by atoms with van der Waals surface area (Å²) in [6.45, 7) is 3.84. The van der Waals surface area contributed by atoms with Crippen LogP contribution in [0.25, 0.3) is 0 Å². The van der Waals surface area contributed by atoms with Gasteiger partial charge in [0.05, 0.1) is 5.38 Å². The molecule has 1 aromatic rings. The van der Waals surface area contributed by atoms with Gasteiger partial charge in [0.25, 0.3) is 0 Å². The Morgan fingerprint density at radius 3 is 2.50 bits per heavy atom. The van der Waals surface area contributed by atoms with Crippen molar-refractivity contribution in [2.75, 3.05) is 0 Å². The minimum atomic E-state index is -0.784. The topological polar surface area (TPSA) is 0 Å². The highest BCUT2D eigenvalue weighted by Crippen LogP contribution is 2.49. The molecule has 0 fully saturated rings. The molecule has 0 heterocycles. The SMILES string of the molecule is CC1c2c(ccc(F)c2F)C(Cl)C1C. The van der Waals surface area contributed by atoms with Crippen molar-refractivity contribution in [3.63, 3.8) is 0 Å². The highest BCUT2D eigenvalue weighted by atomic mass is 35.5. The third-order valence-corrected chi connectivity index (χ3v) is 3.80. The monoisotopic (exact) mass is 216 g/mol. The zero-order valence-electron chi connectivity index (χ0n) is 8.02. The zero-order valence-corrected chi connectivity index (χ0v) is 8.78. The molecular formula is C11H11ClF2. The standard InChI is InChI=1S/C11H11ClF2/c1-5-6(2)10(12)7-3-4-8(13)11(14)9(5)7/h3-6,10H,1-2H3. The second-order valence-electron chi connectivity index (χ2n) is 3.91. The minimum Gasteiger partial charge on any atom is -0.204 e. The third-order valence-electron chi connectivity index (χ3n) is 3.17. The number of hydrogen-bond acceptors (Lipinski definition) is 0. The summed E-state index contributed by atoms with van der Waals surface area (Å²) in [4.78, 5) is 0. The summed E-state index contributed by atoms with van der Waals surface area (Å²) in [6.07, 6.45) is 0. The summed E-state index contributed by atoms with van der Waals surface area (Å²) < 4.78 is 26.4. The van der Waals surface area contributed by atoms with Gasteiger partial charge in [-0.3, -0.25) is 0 Å². The number of fused-ring (bicyclic) bond motifs is 1.